The van der Waals surface area contributed by atoms with Gasteiger partial charge in [-0.25, -0.2) is 4.79 Å². The Kier molecular flexibility index (Phi) is 5.76. The average Bonchev–Trinajstić information content (AvgIpc) is 2.34. The minimum atomic E-state index is -1.43. The number of aliphatic carboxylic acids is 1. The van der Waals surface area contributed by atoms with E-state index in [2.05, 4.69) is 24.1 Å². The molecule has 0 aromatic rings. The van der Waals surface area contributed by atoms with Crippen molar-refractivity contribution in [3.8, 4) is 0 Å². The Morgan fingerprint density at radius 1 is 1.25 bits per heavy atom. The maximum Gasteiger partial charge on any atom is 0.317 e. The maximum absolute atomic E-state index is 11.9. The van der Waals surface area contributed by atoms with Crippen LogP contribution in [0.4, 0.5) is 4.79 Å². The van der Waals surface area contributed by atoms with Gasteiger partial charge in [-0.05, 0) is 20.8 Å². The number of nitrogens with zero attached hydrogens (tertiary/aromatic N) is 2. The van der Waals surface area contributed by atoms with Crippen molar-refractivity contribution in [3.63, 3.8) is 0 Å². The molecule has 1 fully saturated rings. The fourth-order valence-corrected chi connectivity index (χ4v) is 2.21. The van der Waals surface area contributed by atoms with Crippen molar-refractivity contribution in [1.29, 1.82) is 0 Å². The zero-order valence-corrected chi connectivity index (χ0v) is 12.4. The molecule has 0 bridgehead atoms. The lowest BCUT2D eigenvalue weighted by molar-refractivity contribution is -0.141. The van der Waals surface area contributed by atoms with E-state index in [4.69, 9.17) is 5.11 Å². The van der Waals surface area contributed by atoms with Crippen LogP contribution in [-0.2, 0) is 4.79 Å². The Balaban J connectivity index is 2.35. The summed E-state index contributed by atoms with van der Waals surface area (Å²) in [5.41, 5.74) is -1.43. The molecule has 0 saturated carbocycles. The molecular formula is C13H25N3O4. The van der Waals surface area contributed by atoms with Gasteiger partial charge in [-0.3, -0.25) is 9.69 Å². The number of urea groups is 1. The van der Waals surface area contributed by atoms with Gasteiger partial charge < -0.3 is 20.4 Å². The highest BCUT2D eigenvalue weighted by atomic mass is 16.4. The fourth-order valence-electron chi connectivity index (χ4n) is 2.21. The summed E-state index contributed by atoms with van der Waals surface area (Å²) in [6.07, 6.45) is -0.394. The van der Waals surface area contributed by atoms with Crippen LogP contribution in [-0.4, -0.2) is 76.4 Å². The number of carbonyl (C=O) groups is 2. The van der Waals surface area contributed by atoms with Gasteiger partial charge in [0.05, 0.1) is 12.0 Å². The first-order chi connectivity index (χ1) is 9.21. The zero-order valence-electron chi connectivity index (χ0n) is 12.4. The van der Waals surface area contributed by atoms with E-state index in [-0.39, 0.29) is 12.6 Å². The second-order valence-electron chi connectivity index (χ2n) is 5.84. The van der Waals surface area contributed by atoms with Gasteiger partial charge in [0.25, 0.3) is 0 Å². The topological polar surface area (TPSA) is 93.1 Å². The predicted octanol–water partition coefficient (Wildman–Crippen LogP) is -0.0523. The molecule has 2 amide bonds. The quantitative estimate of drug-likeness (QED) is 0.659. The van der Waals surface area contributed by atoms with Crippen molar-refractivity contribution < 1.29 is 19.8 Å². The van der Waals surface area contributed by atoms with Gasteiger partial charge in [0.1, 0.15) is 0 Å². The summed E-state index contributed by atoms with van der Waals surface area (Å²) in [6, 6.07) is 0.218. The van der Waals surface area contributed by atoms with Gasteiger partial charge >= 0.3 is 12.0 Å². The Bertz CT molecular complexity index is 350. The minimum absolute atomic E-state index is 0.0669. The molecule has 7 heteroatoms. The number of rotatable bonds is 5. The van der Waals surface area contributed by atoms with Gasteiger partial charge in [0, 0.05) is 38.8 Å². The SMILES string of the molecule is CC(C)N1CCN(C(=O)NCC(C)(O)CC(=O)O)CC1. The molecule has 116 valence electrons. The summed E-state index contributed by atoms with van der Waals surface area (Å²) in [7, 11) is 0. The van der Waals surface area contributed by atoms with E-state index < -0.39 is 18.0 Å². The molecule has 0 spiro atoms. The molecule has 0 aliphatic carbocycles. The smallest absolute Gasteiger partial charge is 0.317 e. The molecule has 1 atom stereocenters. The van der Waals surface area contributed by atoms with Crippen LogP contribution in [0.2, 0.25) is 0 Å². The Morgan fingerprint density at radius 3 is 2.25 bits per heavy atom. The van der Waals surface area contributed by atoms with E-state index in [1.54, 1.807) is 4.90 Å². The number of carboxylic acids is 1. The summed E-state index contributed by atoms with van der Waals surface area (Å²) in [6.45, 7) is 8.53. The standard InChI is InChI=1S/C13H25N3O4/c1-10(2)15-4-6-16(7-5-15)12(19)14-9-13(3,20)8-11(17)18/h10,20H,4-9H2,1-3H3,(H,14,19)(H,17,18). The van der Waals surface area contributed by atoms with Crippen LogP contribution in [0.25, 0.3) is 0 Å². The van der Waals surface area contributed by atoms with E-state index in [9.17, 15) is 14.7 Å². The molecule has 0 aromatic carbocycles. The van der Waals surface area contributed by atoms with Gasteiger partial charge in [-0.1, -0.05) is 0 Å². The second kappa shape index (κ2) is 6.90. The maximum atomic E-state index is 11.9. The predicted molar refractivity (Wildman–Crippen MR) is 74.6 cm³/mol. The minimum Gasteiger partial charge on any atom is -0.481 e. The normalized spacial score (nSPS) is 19.8. The Morgan fingerprint density at radius 2 is 1.80 bits per heavy atom. The lowest BCUT2D eigenvalue weighted by Crippen LogP contribution is -2.55. The highest BCUT2D eigenvalue weighted by Gasteiger charge is 2.27. The molecule has 3 N–H and O–H groups in total. The van der Waals surface area contributed by atoms with E-state index in [0.29, 0.717) is 19.1 Å². The Labute approximate surface area is 119 Å². The summed E-state index contributed by atoms with van der Waals surface area (Å²) in [4.78, 5) is 26.5. The molecule has 0 radical (unpaired) electrons. The van der Waals surface area contributed by atoms with Crippen LogP contribution < -0.4 is 5.32 Å². The van der Waals surface area contributed by atoms with Crippen molar-refractivity contribution in [2.75, 3.05) is 32.7 Å². The van der Waals surface area contributed by atoms with Crippen molar-refractivity contribution in [2.45, 2.75) is 38.8 Å². The van der Waals surface area contributed by atoms with Crippen molar-refractivity contribution >= 4 is 12.0 Å². The zero-order chi connectivity index (χ0) is 15.3. The molecule has 1 rings (SSSR count). The van der Waals surface area contributed by atoms with Crippen molar-refractivity contribution in [1.82, 2.24) is 15.1 Å². The van der Waals surface area contributed by atoms with Gasteiger partial charge in [-0.2, -0.15) is 0 Å². The van der Waals surface area contributed by atoms with E-state index in [0.717, 1.165) is 13.1 Å². The number of carbonyl (C=O) groups excluding carboxylic acids is 1. The molecule has 0 aromatic heterocycles. The highest BCUT2D eigenvalue weighted by molar-refractivity contribution is 5.74. The van der Waals surface area contributed by atoms with Crippen LogP contribution in [0.5, 0.6) is 0 Å². The first kappa shape index (κ1) is 16.7. The fraction of sp³-hybridized carbons (Fsp3) is 0.846. The third kappa shape index (κ3) is 5.34. The molecular weight excluding hydrogens is 262 g/mol. The monoisotopic (exact) mass is 287 g/mol. The average molecular weight is 287 g/mol. The van der Waals surface area contributed by atoms with E-state index >= 15 is 0 Å². The first-order valence-electron chi connectivity index (χ1n) is 6.92. The number of nitrogens with one attached hydrogen (secondary N) is 1. The van der Waals surface area contributed by atoms with Crippen molar-refractivity contribution in [2.24, 2.45) is 0 Å². The van der Waals surface area contributed by atoms with Crippen molar-refractivity contribution in [3.05, 3.63) is 0 Å². The molecule has 20 heavy (non-hydrogen) atoms. The lowest BCUT2D eigenvalue weighted by atomic mass is 10.0. The largest absolute Gasteiger partial charge is 0.481 e. The summed E-state index contributed by atoms with van der Waals surface area (Å²) in [5, 5.41) is 21.1. The number of hydrogen-bond acceptors (Lipinski definition) is 4. The number of aliphatic hydroxyl groups is 1. The molecule has 1 saturated heterocycles. The van der Waals surface area contributed by atoms with Gasteiger partial charge in [0.15, 0.2) is 0 Å². The number of amides is 2. The van der Waals surface area contributed by atoms with Crippen LogP contribution >= 0.6 is 0 Å². The number of carboxylic acid groups (broad SMARTS) is 1. The lowest BCUT2D eigenvalue weighted by Gasteiger charge is -2.37. The summed E-state index contributed by atoms with van der Waals surface area (Å²) < 4.78 is 0. The molecule has 1 aliphatic heterocycles. The number of piperazine rings is 1. The Hall–Kier alpha value is -1.34. The summed E-state index contributed by atoms with van der Waals surface area (Å²) >= 11 is 0. The first-order valence-corrected chi connectivity index (χ1v) is 6.92. The highest BCUT2D eigenvalue weighted by Crippen LogP contribution is 2.09. The van der Waals surface area contributed by atoms with Crippen LogP contribution in [0.3, 0.4) is 0 Å². The van der Waals surface area contributed by atoms with Crippen LogP contribution in [0.15, 0.2) is 0 Å². The molecule has 1 unspecified atom stereocenters. The van der Waals surface area contributed by atoms with Gasteiger partial charge in [-0.15, -0.1) is 0 Å². The van der Waals surface area contributed by atoms with Crippen LogP contribution in [0.1, 0.15) is 27.2 Å². The summed E-state index contributed by atoms with van der Waals surface area (Å²) in [5.74, 6) is -1.09. The third-order valence-electron chi connectivity index (χ3n) is 3.48. The van der Waals surface area contributed by atoms with E-state index in [1.165, 1.54) is 6.92 Å². The molecule has 1 heterocycles. The third-order valence-corrected chi connectivity index (χ3v) is 3.48. The van der Waals surface area contributed by atoms with E-state index in [1.807, 2.05) is 0 Å². The van der Waals surface area contributed by atoms with Crippen LogP contribution in [0, 0.1) is 0 Å². The van der Waals surface area contributed by atoms with Gasteiger partial charge in [0.2, 0.25) is 0 Å². The second-order valence-corrected chi connectivity index (χ2v) is 5.84. The molecule has 7 nitrogen and oxygen atoms in total. The molecule has 1 aliphatic rings. The number of hydrogen-bond donors (Lipinski definition) is 3.